The summed E-state index contributed by atoms with van der Waals surface area (Å²) >= 11 is 1.40. The topological polar surface area (TPSA) is 59.8 Å². The summed E-state index contributed by atoms with van der Waals surface area (Å²) in [5, 5.41) is 5.21. The predicted molar refractivity (Wildman–Crippen MR) is 77.8 cm³/mol. The van der Waals surface area contributed by atoms with Crippen LogP contribution in [0.3, 0.4) is 0 Å². The Hall–Kier alpha value is -2.47. The van der Waals surface area contributed by atoms with Crippen molar-refractivity contribution >= 4 is 22.4 Å². The van der Waals surface area contributed by atoms with Gasteiger partial charge in [0, 0.05) is 36.7 Å². The third-order valence-corrected chi connectivity index (χ3v) is 3.51. The second-order valence-electron chi connectivity index (χ2n) is 4.17. The second-order valence-corrected chi connectivity index (χ2v) is 5.06. The average molecular weight is 284 g/mol. The molecule has 0 aliphatic heterocycles. The Balaban J connectivity index is 1.78. The number of rotatable bonds is 4. The lowest BCUT2D eigenvalue weighted by atomic mass is 10.2. The van der Waals surface area contributed by atoms with Crippen molar-refractivity contribution in [3.05, 3.63) is 65.7 Å². The number of carbonyl (C=O) groups is 1. The summed E-state index contributed by atoms with van der Waals surface area (Å²) < 4.78 is 1.90. The number of amides is 1. The molecule has 0 radical (unpaired) electrons. The minimum atomic E-state index is -0.154. The van der Waals surface area contributed by atoms with E-state index < -0.39 is 0 Å². The van der Waals surface area contributed by atoms with Gasteiger partial charge in [-0.3, -0.25) is 15.1 Å². The number of aromatic nitrogens is 3. The minimum absolute atomic E-state index is 0.154. The summed E-state index contributed by atoms with van der Waals surface area (Å²) in [5.74, 6) is -0.154. The number of anilines is 1. The molecule has 0 spiro atoms. The highest BCUT2D eigenvalue weighted by Crippen LogP contribution is 2.13. The van der Waals surface area contributed by atoms with Gasteiger partial charge in [-0.25, -0.2) is 4.98 Å². The minimum Gasteiger partial charge on any atom is -0.339 e. The molecule has 0 saturated carbocycles. The van der Waals surface area contributed by atoms with Crippen molar-refractivity contribution in [3.8, 4) is 0 Å². The molecule has 6 heteroatoms. The number of hydrogen-bond donors (Lipinski definition) is 1. The average Bonchev–Trinajstić information content (AvgIpc) is 3.11. The quantitative estimate of drug-likeness (QED) is 0.801. The Morgan fingerprint density at radius 1 is 1.25 bits per heavy atom. The molecule has 0 atom stereocenters. The fourth-order valence-electron chi connectivity index (χ4n) is 1.89. The molecule has 0 aromatic carbocycles. The van der Waals surface area contributed by atoms with E-state index in [1.807, 2.05) is 34.3 Å². The largest absolute Gasteiger partial charge is 0.339 e. The van der Waals surface area contributed by atoms with E-state index >= 15 is 0 Å². The van der Waals surface area contributed by atoms with E-state index in [0.717, 1.165) is 5.56 Å². The van der Waals surface area contributed by atoms with Gasteiger partial charge in [-0.2, -0.15) is 0 Å². The molecule has 1 N–H and O–H groups in total. The summed E-state index contributed by atoms with van der Waals surface area (Å²) in [6, 6.07) is 7.52. The Morgan fingerprint density at radius 2 is 2.10 bits per heavy atom. The van der Waals surface area contributed by atoms with Crippen LogP contribution in [-0.4, -0.2) is 20.4 Å². The summed E-state index contributed by atoms with van der Waals surface area (Å²) in [7, 11) is 0. The highest BCUT2D eigenvalue weighted by Gasteiger charge is 2.12. The van der Waals surface area contributed by atoms with Gasteiger partial charge in [0.2, 0.25) is 0 Å². The molecular formula is C14H12N4OS. The third kappa shape index (κ3) is 2.75. The highest BCUT2D eigenvalue weighted by atomic mass is 32.1. The predicted octanol–water partition coefficient (Wildman–Crippen LogP) is 2.64. The molecule has 100 valence electrons. The first-order valence-electron chi connectivity index (χ1n) is 6.08. The van der Waals surface area contributed by atoms with E-state index in [0.29, 0.717) is 17.4 Å². The number of nitrogens with one attached hydrogen (secondary N) is 1. The van der Waals surface area contributed by atoms with Gasteiger partial charge in [-0.1, -0.05) is 0 Å². The molecule has 0 fully saturated rings. The SMILES string of the molecule is O=C(Nc1nccs1)c1cccn1Cc1ccncc1. The molecule has 5 nitrogen and oxygen atoms in total. The lowest BCUT2D eigenvalue weighted by molar-refractivity contribution is 0.101. The zero-order chi connectivity index (χ0) is 13.8. The van der Waals surface area contributed by atoms with Crippen molar-refractivity contribution in [3.63, 3.8) is 0 Å². The number of pyridine rings is 1. The van der Waals surface area contributed by atoms with Crippen molar-refractivity contribution in [1.82, 2.24) is 14.5 Å². The fourth-order valence-corrected chi connectivity index (χ4v) is 2.41. The molecule has 0 aliphatic carbocycles. The molecule has 0 bridgehead atoms. The van der Waals surface area contributed by atoms with Crippen molar-refractivity contribution < 1.29 is 4.79 Å². The molecule has 3 rings (SSSR count). The van der Waals surface area contributed by atoms with Crippen molar-refractivity contribution in [2.24, 2.45) is 0 Å². The summed E-state index contributed by atoms with van der Waals surface area (Å²) in [6.07, 6.45) is 7.04. The zero-order valence-electron chi connectivity index (χ0n) is 10.6. The first-order chi connectivity index (χ1) is 9.83. The first kappa shape index (κ1) is 12.6. The maximum atomic E-state index is 12.2. The number of thiazole rings is 1. The molecule has 0 saturated heterocycles. The van der Waals surface area contributed by atoms with Crippen molar-refractivity contribution in [2.45, 2.75) is 6.54 Å². The normalized spacial score (nSPS) is 10.4. The van der Waals surface area contributed by atoms with Crippen molar-refractivity contribution in [2.75, 3.05) is 5.32 Å². The molecule has 0 unspecified atom stereocenters. The third-order valence-electron chi connectivity index (χ3n) is 2.82. The Labute approximate surface area is 119 Å². The van der Waals surface area contributed by atoms with Gasteiger partial charge in [-0.05, 0) is 29.8 Å². The van der Waals surface area contributed by atoms with Gasteiger partial charge in [-0.15, -0.1) is 11.3 Å². The van der Waals surface area contributed by atoms with Crippen molar-refractivity contribution in [1.29, 1.82) is 0 Å². The smallest absolute Gasteiger partial charge is 0.274 e. The summed E-state index contributed by atoms with van der Waals surface area (Å²) in [6.45, 7) is 0.635. The van der Waals surface area contributed by atoms with E-state index in [4.69, 9.17) is 0 Å². The number of hydrogen-bond acceptors (Lipinski definition) is 4. The van der Waals surface area contributed by atoms with Gasteiger partial charge in [0.05, 0.1) is 0 Å². The lowest BCUT2D eigenvalue weighted by Crippen LogP contribution is -2.17. The van der Waals surface area contributed by atoms with Crippen LogP contribution in [0.4, 0.5) is 5.13 Å². The van der Waals surface area contributed by atoms with Gasteiger partial charge in [0.25, 0.3) is 5.91 Å². The van der Waals surface area contributed by atoms with E-state index in [9.17, 15) is 4.79 Å². The van der Waals surface area contributed by atoms with Crippen LogP contribution < -0.4 is 5.32 Å². The van der Waals surface area contributed by atoms with Gasteiger partial charge >= 0.3 is 0 Å². The number of nitrogens with zero attached hydrogens (tertiary/aromatic N) is 3. The second kappa shape index (κ2) is 5.66. The van der Waals surface area contributed by atoms with Crippen LogP contribution in [0.2, 0.25) is 0 Å². The van der Waals surface area contributed by atoms with E-state index in [-0.39, 0.29) is 5.91 Å². The van der Waals surface area contributed by atoms with E-state index in [2.05, 4.69) is 15.3 Å². The van der Waals surface area contributed by atoms with Crippen LogP contribution in [0.25, 0.3) is 0 Å². The van der Waals surface area contributed by atoms with Crippen LogP contribution in [0.15, 0.2) is 54.4 Å². The maximum absolute atomic E-state index is 12.2. The van der Waals surface area contributed by atoms with Crippen LogP contribution in [0.5, 0.6) is 0 Å². The van der Waals surface area contributed by atoms with Gasteiger partial charge in [0.1, 0.15) is 5.69 Å². The Morgan fingerprint density at radius 3 is 2.85 bits per heavy atom. The molecule has 1 amide bonds. The molecular weight excluding hydrogens is 272 g/mol. The Kier molecular flexibility index (Phi) is 3.56. The summed E-state index contributed by atoms with van der Waals surface area (Å²) in [5.41, 5.74) is 1.71. The fraction of sp³-hybridized carbons (Fsp3) is 0.0714. The molecule has 0 aliphatic rings. The standard InChI is InChI=1S/C14H12N4OS/c19-13(17-14-16-7-9-20-14)12-2-1-8-18(12)10-11-3-5-15-6-4-11/h1-9H,10H2,(H,16,17,19). The molecule has 3 aromatic rings. The van der Waals surface area contributed by atoms with Crippen LogP contribution in [0, 0.1) is 0 Å². The van der Waals surface area contributed by atoms with Gasteiger partial charge < -0.3 is 4.57 Å². The molecule has 20 heavy (non-hydrogen) atoms. The number of carbonyl (C=O) groups excluding carboxylic acids is 1. The van der Waals surface area contributed by atoms with E-state index in [1.54, 1.807) is 24.7 Å². The zero-order valence-corrected chi connectivity index (χ0v) is 11.4. The van der Waals surface area contributed by atoms with Gasteiger partial charge in [0.15, 0.2) is 5.13 Å². The van der Waals surface area contributed by atoms with Crippen LogP contribution >= 0.6 is 11.3 Å². The molecule has 3 heterocycles. The van der Waals surface area contributed by atoms with E-state index in [1.165, 1.54) is 11.3 Å². The summed E-state index contributed by atoms with van der Waals surface area (Å²) in [4.78, 5) is 20.2. The first-order valence-corrected chi connectivity index (χ1v) is 6.96. The Bertz CT molecular complexity index is 691. The molecule has 3 aromatic heterocycles. The van der Waals surface area contributed by atoms with Crippen LogP contribution in [0.1, 0.15) is 16.1 Å². The highest BCUT2D eigenvalue weighted by molar-refractivity contribution is 7.13. The van der Waals surface area contributed by atoms with Crippen LogP contribution in [-0.2, 0) is 6.54 Å². The maximum Gasteiger partial charge on any atom is 0.274 e. The lowest BCUT2D eigenvalue weighted by Gasteiger charge is -2.08. The monoisotopic (exact) mass is 284 g/mol.